The molecule has 10 heteroatoms. The van der Waals surface area contributed by atoms with Crippen molar-refractivity contribution < 1.29 is 4.74 Å². The fourth-order valence-electron chi connectivity index (χ4n) is 3.55. The van der Waals surface area contributed by atoms with E-state index >= 15 is 0 Å². The van der Waals surface area contributed by atoms with Crippen LogP contribution in [0.5, 0.6) is 0 Å². The molecule has 0 radical (unpaired) electrons. The molecule has 0 spiro atoms. The second kappa shape index (κ2) is 9.76. The van der Waals surface area contributed by atoms with Gasteiger partial charge in [0, 0.05) is 36.4 Å². The highest BCUT2D eigenvalue weighted by Gasteiger charge is 2.17. The summed E-state index contributed by atoms with van der Waals surface area (Å²) in [6.45, 7) is 3.29. The molecule has 162 valence electrons. The highest BCUT2D eigenvalue weighted by molar-refractivity contribution is 9.10. The molecule has 8 nitrogen and oxygen atoms in total. The largest absolute Gasteiger partial charge is 0.378 e. The van der Waals surface area contributed by atoms with Crippen LogP contribution in [0.1, 0.15) is 36.8 Å². The Balaban J connectivity index is 1.62. The summed E-state index contributed by atoms with van der Waals surface area (Å²) in [6, 6.07) is 10.3. The number of aromatic amines is 1. The van der Waals surface area contributed by atoms with Crippen LogP contribution >= 0.6 is 27.5 Å². The van der Waals surface area contributed by atoms with E-state index in [2.05, 4.69) is 77.3 Å². The van der Waals surface area contributed by atoms with Crippen molar-refractivity contribution in [3.63, 3.8) is 0 Å². The lowest BCUT2D eigenvalue weighted by atomic mass is 10.2. The Kier molecular flexibility index (Phi) is 6.84. The summed E-state index contributed by atoms with van der Waals surface area (Å²) in [5.74, 6) is 1.59. The quantitative estimate of drug-likeness (QED) is 0.354. The van der Waals surface area contributed by atoms with Gasteiger partial charge in [0.1, 0.15) is 11.5 Å². The molecule has 0 aliphatic carbocycles. The van der Waals surface area contributed by atoms with E-state index in [1.165, 1.54) is 0 Å². The van der Waals surface area contributed by atoms with Gasteiger partial charge in [0.05, 0.1) is 12.3 Å². The molecule has 0 bridgehead atoms. The molecule has 3 heterocycles. The SMILES string of the molecule is CCCCc1nc(Cl)c(COC)n1Cc1ccc(-n2ccc(Br)c2-c2nnn[nH]2)cc1. The van der Waals surface area contributed by atoms with E-state index < -0.39 is 0 Å². The normalized spacial score (nSPS) is 11.4. The first kappa shape index (κ1) is 21.7. The van der Waals surface area contributed by atoms with Crippen LogP contribution in [0, 0.1) is 0 Å². The zero-order valence-corrected chi connectivity index (χ0v) is 19.7. The molecular formula is C21H23BrClN7O. The van der Waals surface area contributed by atoms with Gasteiger partial charge in [0.25, 0.3) is 0 Å². The van der Waals surface area contributed by atoms with Crippen LogP contribution in [-0.4, -0.2) is 41.9 Å². The van der Waals surface area contributed by atoms with Crippen molar-refractivity contribution in [3.8, 4) is 17.2 Å². The van der Waals surface area contributed by atoms with E-state index in [0.717, 1.165) is 52.2 Å². The summed E-state index contributed by atoms with van der Waals surface area (Å²) >= 11 is 9.99. The van der Waals surface area contributed by atoms with Crippen molar-refractivity contribution in [2.45, 2.75) is 39.3 Å². The second-order valence-electron chi connectivity index (χ2n) is 7.19. The van der Waals surface area contributed by atoms with Crippen LogP contribution in [0.25, 0.3) is 17.2 Å². The summed E-state index contributed by atoms with van der Waals surface area (Å²) in [6.07, 6.45) is 5.05. The van der Waals surface area contributed by atoms with E-state index in [0.29, 0.717) is 24.1 Å². The van der Waals surface area contributed by atoms with Gasteiger partial charge >= 0.3 is 0 Å². The molecule has 0 atom stereocenters. The van der Waals surface area contributed by atoms with Gasteiger partial charge in [-0.1, -0.05) is 37.1 Å². The lowest BCUT2D eigenvalue weighted by Gasteiger charge is -2.13. The van der Waals surface area contributed by atoms with Gasteiger partial charge in [-0.15, -0.1) is 5.10 Å². The number of nitrogens with zero attached hydrogens (tertiary/aromatic N) is 6. The van der Waals surface area contributed by atoms with Gasteiger partial charge in [0.15, 0.2) is 11.0 Å². The zero-order chi connectivity index (χ0) is 21.8. The number of H-pyrrole nitrogens is 1. The van der Waals surface area contributed by atoms with Crippen LogP contribution in [0.2, 0.25) is 5.15 Å². The predicted molar refractivity (Wildman–Crippen MR) is 122 cm³/mol. The van der Waals surface area contributed by atoms with E-state index in [1.807, 2.05) is 16.8 Å². The van der Waals surface area contributed by atoms with Gasteiger partial charge in [-0.25, -0.2) is 10.1 Å². The number of halogens is 2. The summed E-state index contributed by atoms with van der Waals surface area (Å²) in [5.41, 5.74) is 3.94. The smallest absolute Gasteiger partial charge is 0.197 e. The standard InChI is InChI=1S/C21H23BrClN7O/c1-3-4-5-18-24-20(23)17(13-31-2)30(18)12-14-6-8-15(9-7-14)29-11-10-16(22)19(29)21-25-27-28-26-21/h6-11H,3-5,12-13H2,1-2H3,(H,25,26,27,28). The predicted octanol–water partition coefficient (Wildman–Crippen LogP) is 4.81. The summed E-state index contributed by atoms with van der Waals surface area (Å²) in [4.78, 5) is 4.59. The summed E-state index contributed by atoms with van der Waals surface area (Å²) < 4.78 is 10.5. The molecule has 4 rings (SSSR count). The molecule has 0 unspecified atom stereocenters. The number of hydrogen-bond acceptors (Lipinski definition) is 5. The number of hydrogen-bond donors (Lipinski definition) is 1. The molecule has 0 saturated heterocycles. The number of aryl methyl sites for hydroxylation is 1. The molecule has 31 heavy (non-hydrogen) atoms. The van der Waals surface area contributed by atoms with E-state index in [-0.39, 0.29) is 0 Å². The lowest BCUT2D eigenvalue weighted by Crippen LogP contribution is -2.10. The second-order valence-corrected chi connectivity index (χ2v) is 8.40. The van der Waals surface area contributed by atoms with Crippen LogP contribution in [0.3, 0.4) is 0 Å². The minimum Gasteiger partial charge on any atom is -0.378 e. The Bertz CT molecular complexity index is 1140. The average molecular weight is 505 g/mol. The van der Waals surface area contributed by atoms with Crippen LogP contribution in [0.4, 0.5) is 0 Å². The number of methoxy groups -OCH3 is 1. The lowest BCUT2D eigenvalue weighted by molar-refractivity contribution is 0.178. The molecule has 0 aliphatic rings. The van der Waals surface area contributed by atoms with Gasteiger partial charge in [-0.05, 0) is 56.5 Å². The average Bonchev–Trinajstić information content (AvgIpc) is 3.49. The first-order valence-corrected chi connectivity index (χ1v) is 11.2. The minimum absolute atomic E-state index is 0.433. The number of aromatic nitrogens is 7. The topological polar surface area (TPSA) is 86.4 Å². The maximum absolute atomic E-state index is 6.41. The summed E-state index contributed by atoms with van der Waals surface area (Å²) in [5, 5.41) is 14.8. The molecule has 0 amide bonds. The zero-order valence-electron chi connectivity index (χ0n) is 17.3. The van der Waals surface area contributed by atoms with Gasteiger partial charge in [0.2, 0.25) is 0 Å². The first-order valence-electron chi connectivity index (χ1n) is 10.0. The molecule has 3 aromatic heterocycles. The third-order valence-corrected chi connectivity index (χ3v) is 6.04. The van der Waals surface area contributed by atoms with E-state index in [1.54, 1.807) is 7.11 Å². The number of nitrogens with one attached hydrogen (secondary N) is 1. The molecular weight excluding hydrogens is 482 g/mol. The maximum Gasteiger partial charge on any atom is 0.197 e. The van der Waals surface area contributed by atoms with Crippen molar-refractivity contribution >= 4 is 27.5 Å². The monoisotopic (exact) mass is 503 g/mol. The third kappa shape index (κ3) is 4.58. The molecule has 0 fully saturated rings. The maximum atomic E-state index is 6.41. The van der Waals surface area contributed by atoms with E-state index in [4.69, 9.17) is 16.3 Å². The number of tetrazole rings is 1. The fourth-order valence-corrected chi connectivity index (χ4v) is 4.30. The minimum atomic E-state index is 0.433. The van der Waals surface area contributed by atoms with Gasteiger partial charge < -0.3 is 13.9 Å². The van der Waals surface area contributed by atoms with Crippen molar-refractivity contribution in [3.05, 3.63) is 63.2 Å². The van der Waals surface area contributed by atoms with Crippen molar-refractivity contribution in [2.24, 2.45) is 0 Å². The number of unbranched alkanes of at least 4 members (excludes halogenated alkanes) is 1. The number of imidazole rings is 1. The highest BCUT2D eigenvalue weighted by atomic mass is 79.9. The van der Waals surface area contributed by atoms with Crippen LogP contribution in [0.15, 0.2) is 41.0 Å². The van der Waals surface area contributed by atoms with Crippen molar-refractivity contribution in [2.75, 3.05) is 7.11 Å². The van der Waals surface area contributed by atoms with Crippen molar-refractivity contribution in [1.82, 2.24) is 34.7 Å². The molecule has 1 N–H and O–H groups in total. The number of ether oxygens (including phenoxy) is 1. The molecule has 0 aliphatic heterocycles. The van der Waals surface area contributed by atoms with E-state index in [9.17, 15) is 0 Å². The van der Waals surface area contributed by atoms with Crippen LogP contribution in [-0.2, 0) is 24.3 Å². The molecule has 4 aromatic rings. The Morgan fingerprint density at radius 1 is 1.19 bits per heavy atom. The Labute approximate surface area is 193 Å². The Morgan fingerprint density at radius 2 is 2.00 bits per heavy atom. The molecule has 1 aromatic carbocycles. The Hall–Kier alpha value is -2.49. The first-order chi connectivity index (χ1) is 15.1. The third-order valence-electron chi connectivity index (χ3n) is 5.10. The molecule has 0 saturated carbocycles. The van der Waals surface area contributed by atoms with Crippen molar-refractivity contribution in [1.29, 1.82) is 0 Å². The van der Waals surface area contributed by atoms with Crippen LogP contribution < -0.4 is 0 Å². The van der Waals surface area contributed by atoms with Gasteiger partial charge in [-0.3, -0.25) is 0 Å². The number of rotatable bonds is 9. The van der Waals surface area contributed by atoms with Gasteiger partial charge in [-0.2, -0.15) is 0 Å². The summed E-state index contributed by atoms with van der Waals surface area (Å²) in [7, 11) is 1.67. The Morgan fingerprint density at radius 3 is 2.68 bits per heavy atom. The highest BCUT2D eigenvalue weighted by Crippen LogP contribution is 2.29. The number of benzene rings is 1. The fraction of sp³-hybridized carbons (Fsp3) is 0.333.